The first-order valence-electron chi connectivity index (χ1n) is 5.47. The summed E-state index contributed by atoms with van der Waals surface area (Å²) in [4.78, 5) is 4.13. The number of aliphatic hydroxyl groups excluding tert-OH is 1. The molecule has 1 heterocycles. The number of rotatable bonds is 5. The molecule has 0 radical (unpaired) electrons. The van der Waals surface area contributed by atoms with Gasteiger partial charge >= 0.3 is 0 Å². The maximum absolute atomic E-state index is 9.75. The van der Waals surface area contributed by atoms with Crippen LogP contribution in [0.25, 0.3) is 0 Å². The molecule has 1 unspecified atom stereocenters. The van der Waals surface area contributed by atoms with Gasteiger partial charge < -0.3 is 9.84 Å². The molecule has 1 aromatic rings. The molecule has 0 aliphatic heterocycles. The molecule has 1 fully saturated rings. The van der Waals surface area contributed by atoms with Crippen LogP contribution in [0.15, 0.2) is 18.3 Å². The van der Waals surface area contributed by atoms with E-state index in [1.165, 1.54) is 12.8 Å². The molecule has 3 heteroatoms. The molecule has 15 heavy (non-hydrogen) atoms. The van der Waals surface area contributed by atoms with Gasteiger partial charge in [0.05, 0.1) is 13.2 Å². The van der Waals surface area contributed by atoms with Gasteiger partial charge in [-0.25, -0.2) is 4.98 Å². The molecule has 82 valence electrons. The number of methoxy groups -OCH3 is 1. The minimum Gasteiger partial charge on any atom is -0.481 e. The number of nitrogens with zero attached hydrogens (tertiary/aromatic N) is 1. The molecular formula is C12H17NO2. The molecule has 0 saturated heterocycles. The van der Waals surface area contributed by atoms with E-state index in [4.69, 9.17) is 4.74 Å². The van der Waals surface area contributed by atoms with Crippen LogP contribution >= 0.6 is 0 Å². The Morgan fingerprint density at radius 2 is 2.40 bits per heavy atom. The summed E-state index contributed by atoms with van der Waals surface area (Å²) in [5.74, 6) is 1.23. The zero-order valence-corrected chi connectivity index (χ0v) is 9.02. The summed E-state index contributed by atoms with van der Waals surface area (Å²) in [5, 5.41) is 9.75. The highest BCUT2D eigenvalue weighted by Gasteiger charge is 2.29. The third-order valence-electron chi connectivity index (χ3n) is 2.92. The minimum atomic E-state index is -0.144. The Hall–Kier alpha value is -1.09. The zero-order valence-electron chi connectivity index (χ0n) is 9.02. The topological polar surface area (TPSA) is 42.4 Å². The summed E-state index contributed by atoms with van der Waals surface area (Å²) >= 11 is 0. The van der Waals surface area contributed by atoms with E-state index < -0.39 is 0 Å². The third-order valence-corrected chi connectivity index (χ3v) is 2.92. The Kier molecular flexibility index (Phi) is 3.21. The Balaban J connectivity index is 1.91. The van der Waals surface area contributed by atoms with E-state index in [1.807, 2.05) is 12.1 Å². The van der Waals surface area contributed by atoms with E-state index in [9.17, 15) is 5.11 Å². The first-order chi connectivity index (χ1) is 7.31. The number of aryl methyl sites for hydroxylation is 1. The predicted molar refractivity (Wildman–Crippen MR) is 57.8 cm³/mol. The van der Waals surface area contributed by atoms with Gasteiger partial charge in [0.25, 0.3) is 0 Å². The highest BCUT2D eigenvalue weighted by Crippen LogP contribution is 2.34. The van der Waals surface area contributed by atoms with E-state index >= 15 is 0 Å². The molecular weight excluding hydrogens is 190 g/mol. The molecule has 1 N–H and O–H groups in total. The molecule has 1 saturated carbocycles. The van der Waals surface area contributed by atoms with Crippen LogP contribution in [0, 0.1) is 5.92 Å². The highest BCUT2D eigenvalue weighted by molar-refractivity contribution is 5.25. The Morgan fingerprint density at radius 3 is 3.07 bits per heavy atom. The van der Waals surface area contributed by atoms with Gasteiger partial charge in [0.2, 0.25) is 5.88 Å². The van der Waals surface area contributed by atoms with Crippen molar-refractivity contribution in [2.24, 2.45) is 5.92 Å². The van der Waals surface area contributed by atoms with Gasteiger partial charge in [0.15, 0.2) is 0 Å². The van der Waals surface area contributed by atoms with Crippen LogP contribution < -0.4 is 4.74 Å². The van der Waals surface area contributed by atoms with Gasteiger partial charge in [-0.05, 0) is 37.7 Å². The zero-order chi connectivity index (χ0) is 10.7. The first kappa shape index (κ1) is 10.4. The monoisotopic (exact) mass is 207 g/mol. The summed E-state index contributed by atoms with van der Waals surface area (Å²) in [6.07, 6.45) is 5.60. The summed E-state index contributed by atoms with van der Waals surface area (Å²) in [7, 11) is 1.63. The number of aromatic nitrogens is 1. The number of hydrogen-bond acceptors (Lipinski definition) is 3. The van der Waals surface area contributed by atoms with Gasteiger partial charge in [-0.15, -0.1) is 0 Å². The van der Waals surface area contributed by atoms with E-state index in [1.54, 1.807) is 13.3 Å². The summed E-state index contributed by atoms with van der Waals surface area (Å²) in [6, 6.07) is 3.91. The standard InChI is InChI=1S/C12H17NO2/c1-15-12-10(3-2-8-13-12)6-7-11(14)9-4-5-9/h2-3,8-9,11,14H,4-7H2,1H3. The largest absolute Gasteiger partial charge is 0.481 e. The molecule has 0 aromatic carbocycles. The number of hydrogen-bond donors (Lipinski definition) is 1. The van der Waals surface area contributed by atoms with Crippen molar-refractivity contribution in [2.45, 2.75) is 31.8 Å². The lowest BCUT2D eigenvalue weighted by atomic mass is 10.1. The second kappa shape index (κ2) is 4.62. The van der Waals surface area contributed by atoms with Gasteiger partial charge in [0.1, 0.15) is 0 Å². The predicted octanol–water partition coefficient (Wildman–Crippen LogP) is 1.79. The average molecular weight is 207 g/mol. The van der Waals surface area contributed by atoms with Gasteiger partial charge in [-0.3, -0.25) is 0 Å². The van der Waals surface area contributed by atoms with Crippen LogP contribution in [0.3, 0.4) is 0 Å². The molecule has 0 spiro atoms. The molecule has 1 aliphatic carbocycles. The van der Waals surface area contributed by atoms with Gasteiger partial charge in [0, 0.05) is 11.8 Å². The number of aliphatic hydroxyl groups is 1. The maximum atomic E-state index is 9.75. The quantitative estimate of drug-likeness (QED) is 0.800. The fourth-order valence-corrected chi connectivity index (χ4v) is 1.82. The summed E-state index contributed by atoms with van der Waals surface area (Å²) in [5.41, 5.74) is 1.08. The Morgan fingerprint density at radius 1 is 1.60 bits per heavy atom. The normalized spacial score (nSPS) is 17.5. The second-order valence-electron chi connectivity index (χ2n) is 4.12. The Labute approximate surface area is 90.1 Å². The van der Waals surface area contributed by atoms with Crippen molar-refractivity contribution in [3.8, 4) is 5.88 Å². The lowest BCUT2D eigenvalue weighted by molar-refractivity contribution is 0.141. The van der Waals surface area contributed by atoms with Crippen LogP contribution in [0.2, 0.25) is 0 Å². The molecule has 1 aromatic heterocycles. The van der Waals surface area contributed by atoms with Crippen molar-refractivity contribution in [2.75, 3.05) is 7.11 Å². The van der Waals surface area contributed by atoms with Crippen molar-refractivity contribution in [1.29, 1.82) is 0 Å². The molecule has 1 aliphatic rings. The van der Waals surface area contributed by atoms with E-state index in [0.717, 1.165) is 18.4 Å². The molecule has 0 amide bonds. The van der Waals surface area contributed by atoms with E-state index in [2.05, 4.69) is 4.98 Å². The van der Waals surface area contributed by atoms with Crippen molar-refractivity contribution in [3.05, 3.63) is 23.9 Å². The van der Waals surface area contributed by atoms with Crippen molar-refractivity contribution < 1.29 is 9.84 Å². The molecule has 0 bridgehead atoms. The third kappa shape index (κ3) is 2.69. The smallest absolute Gasteiger partial charge is 0.216 e. The first-order valence-corrected chi connectivity index (χ1v) is 5.47. The lowest BCUT2D eigenvalue weighted by Crippen LogP contribution is -2.10. The van der Waals surface area contributed by atoms with Crippen LogP contribution in [0.4, 0.5) is 0 Å². The minimum absolute atomic E-state index is 0.144. The summed E-state index contributed by atoms with van der Waals surface area (Å²) in [6.45, 7) is 0. The van der Waals surface area contributed by atoms with Crippen LogP contribution in [-0.4, -0.2) is 23.3 Å². The molecule has 1 atom stereocenters. The molecule has 2 rings (SSSR count). The SMILES string of the molecule is COc1ncccc1CCC(O)C1CC1. The number of ether oxygens (including phenoxy) is 1. The van der Waals surface area contributed by atoms with Crippen molar-refractivity contribution >= 4 is 0 Å². The van der Waals surface area contributed by atoms with Gasteiger partial charge in [-0.2, -0.15) is 0 Å². The summed E-state index contributed by atoms with van der Waals surface area (Å²) < 4.78 is 5.16. The van der Waals surface area contributed by atoms with Crippen LogP contribution in [0.1, 0.15) is 24.8 Å². The van der Waals surface area contributed by atoms with Crippen LogP contribution in [-0.2, 0) is 6.42 Å². The lowest BCUT2D eigenvalue weighted by Gasteiger charge is -2.10. The van der Waals surface area contributed by atoms with E-state index in [0.29, 0.717) is 11.8 Å². The van der Waals surface area contributed by atoms with Gasteiger partial charge in [-0.1, -0.05) is 6.07 Å². The van der Waals surface area contributed by atoms with Crippen LogP contribution in [0.5, 0.6) is 5.88 Å². The van der Waals surface area contributed by atoms with Crippen molar-refractivity contribution in [3.63, 3.8) is 0 Å². The highest BCUT2D eigenvalue weighted by atomic mass is 16.5. The number of pyridine rings is 1. The van der Waals surface area contributed by atoms with Crippen molar-refractivity contribution in [1.82, 2.24) is 4.98 Å². The fraction of sp³-hybridized carbons (Fsp3) is 0.583. The average Bonchev–Trinajstić information content (AvgIpc) is 3.10. The maximum Gasteiger partial charge on any atom is 0.216 e. The Bertz CT molecular complexity index is 323. The second-order valence-corrected chi connectivity index (χ2v) is 4.12. The fourth-order valence-electron chi connectivity index (χ4n) is 1.82. The molecule has 3 nitrogen and oxygen atoms in total. The van der Waals surface area contributed by atoms with E-state index in [-0.39, 0.29) is 6.10 Å².